The van der Waals surface area contributed by atoms with Gasteiger partial charge in [0.1, 0.15) is 0 Å². The lowest BCUT2D eigenvalue weighted by Crippen LogP contribution is -2.39. The largest absolute Gasteiger partial charge is 0.313 e. The van der Waals surface area contributed by atoms with Gasteiger partial charge in [-0.1, -0.05) is 34.1 Å². The van der Waals surface area contributed by atoms with Crippen molar-refractivity contribution in [3.63, 3.8) is 0 Å². The summed E-state index contributed by atoms with van der Waals surface area (Å²) in [5.74, 6) is 3.18. The molecular formula is C18H35NS. The van der Waals surface area contributed by atoms with Crippen LogP contribution in [0.15, 0.2) is 0 Å². The van der Waals surface area contributed by atoms with Crippen LogP contribution in [0.2, 0.25) is 0 Å². The Morgan fingerprint density at radius 1 is 1.00 bits per heavy atom. The van der Waals surface area contributed by atoms with Gasteiger partial charge in [0.15, 0.2) is 0 Å². The first kappa shape index (κ1) is 16.7. The maximum Gasteiger partial charge on any atom is 0.0201 e. The van der Waals surface area contributed by atoms with Gasteiger partial charge in [0, 0.05) is 11.3 Å². The molecule has 2 rings (SSSR count). The van der Waals surface area contributed by atoms with Crippen molar-refractivity contribution in [2.45, 2.75) is 83.9 Å². The van der Waals surface area contributed by atoms with Crippen LogP contribution < -0.4 is 5.32 Å². The Kier molecular flexibility index (Phi) is 6.28. The van der Waals surface area contributed by atoms with E-state index in [0.717, 1.165) is 23.1 Å². The number of thioether (sulfide) groups is 1. The second kappa shape index (κ2) is 7.54. The third-order valence-electron chi connectivity index (χ3n) is 5.57. The second-order valence-corrected chi connectivity index (χ2v) is 9.54. The zero-order valence-corrected chi connectivity index (χ0v) is 14.9. The lowest BCUT2D eigenvalue weighted by atomic mass is 9.70. The van der Waals surface area contributed by atoms with Crippen molar-refractivity contribution < 1.29 is 0 Å². The van der Waals surface area contributed by atoms with E-state index in [0.29, 0.717) is 5.41 Å². The van der Waals surface area contributed by atoms with Gasteiger partial charge in [0.2, 0.25) is 0 Å². The first-order valence-electron chi connectivity index (χ1n) is 8.85. The molecule has 0 aromatic heterocycles. The zero-order chi connectivity index (χ0) is 14.6. The first-order chi connectivity index (χ1) is 9.50. The molecule has 1 N–H and O–H groups in total. The molecule has 20 heavy (non-hydrogen) atoms. The van der Waals surface area contributed by atoms with E-state index in [9.17, 15) is 0 Å². The van der Waals surface area contributed by atoms with Crippen LogP contribution in [0.4, 0.5) is 0 Å². The van der Waals surface area contributed by atoms with Crippen molar-refractivity contribution in [3.8, 4) is 0 Å². The Balaban J connectivity index is 1.68. The van der Waals surface area contributed by atoms with E-state index in [1.807, 2.05) is 0 Å². The minimum Gasteiger partial charge on any atom is -0.313 e. The van der Waals surface area contributed by atoms with E-state index in [1.165, 1.54) is 57.2 Å². The van der Waals surface area contributed by atoms with Crippen LogP contribution in [0.3, 0.4) is 0 Å². The molecule has 0 aromatic carbocycles. The molecule has 2 heteroatoms. The van der Waals surface area contributed by atoms with Gasteiger partial charge in [-0.3, -0.25) is 0 Å². The molecule has 118 valence electrons. The van der Waals surface area contributed by atoms with Crippen molar-refractivity contribution in [1.82, 2.24) is 5.32 Å². The highest BCUT2D eigenvalue weighted by Crippen LogP contribution is 2.39. The van der Waals surface area contributed by atoms with Gasteiger partial charge in [0.25, 0.3) is 0 Å². The number of nitrogens with one attached hydrogen (secondary N) is 1. The van der Waals surface area contributed by atoms with Crippen molar-refractivity contribution in [1.29, 1.82) is 0 Å². The van der Waals surface area contributed by atoms with Gasteiger partial charge in [-0.25, -0.2) is 0 Å². The Morgan fingerprint density at radius 3 is 2.30 bits per heavy atom. The normalized spacial score (nSPS) is 35.4. The molecular weight excluding hydrogens is 262 g/mol. The molecule has 0 radical (unpaired) electrons. The van der Waals surface area contributed by atoms with Crippen LogP contribution in [0.1, 0.15) is 72.6 Å². The predicted molar refractivity (Wildman–Crippen MR) is 92.5 cm³/mol. The average molecular weight is 298 g/mol. The number of hydrogen-bond acceptors (Lipinski definition) is 2. The molecule has 2 aliphatic rings. The summed E-state index contributed by atoms with van der Waals surface area (Å²) in [4.78, 5) is 0. The lowest BCUT2D eigenvalue weighted by Gasteiger charge is -2.37. The standard InChI is InChI=1S/C18H35NS/c1-5-20-17-8-6-7-16(17)19-13-14-9-11-15(12-10-14)18(2,3)4/h14-17,19H,5-13H2,1-4H3. The van der Waals surface area contributed by atoms with Crippen molar-refractivity contribution in [3.05, 3.63) is 0 Å². The van der Waals surface area contributed by atoms with Crippen LogP contribution in [0, 0.1) is 17.3 Å². The van der Waals surface area contributed by atoms with Gasteiger partial charge in [-0.05, 0) is 68.1 Å². The lowest BCUT2D eigenvalue weighted by molar-refractivity contribution is 0.148. The van der Waals surface area contributed by atoms with Crippen LogP contribution in [0.25, 0.3) is 0 Å². The first-order valence-corrected chi connectivity index (χ1v) is 9.90. The maximum absolute atomic E-state index is 3.92. The summed E-state index contributed by atoms with van der Waals surface area (Å²) in [6.07, 6.45) is 10.1. The van der Waals surface area contributed by atoms with E-state index in [-0.39, 0.29) is 0 Å². The fourth-order valence-electron chi connectivity index (χ4n) is 4.12. The third-order valence-corrected chi connectivity index (χ3v) is 6.90. The van der Waals surface area contributed by atoms with E-state index < -0.39 is 0 Å². The fraction of sp³-hybridized carbons (Fsp3) is 1.00. The van der Waals surface area contributed by atoms with Gasteiger partial charge in [0.05, 0.1) is 0 Å². The number of rotatable bonds is 5. The van der Waals surface area contributed by atoms with Crippen LogP contribution >= 0.6 is 11.8 Å². The summed E-state index contributed by atoms with van der Waals surface area (Å²) < 4.78 is 0. The molecule has 0 heterocycles. The summed E-state index contributed by atoms with van der Waals surface area (Å²) in [5.41, 5.74) is 0.521. The van der Waals surface area contributed by atoms with Gasteiger partial charge in [-0.2, -0.15) is 11.8 Å². The summed E-state index contributed by atoms with van der Waals surface area (Å²) in [6, 6.07) is 0.806. The van der Waals surface area contributed by atoms with Crippen molar-refractivity contribution in [2.24, 2.45) is 17.3 Å². The highest BCUT2D eigenvalue weighted by Gasteiger charge is 2.31. The molecule has 0 saturated heterocycles. The summed E-state index contributed by atoms with van der Waals surface area (Å²) in [7, 11) is 0. The van der Waals surface area contributed by atoms with Gasteiger partial charge < -0.3 is 5.32 Å². The highest BCUT2D eigenvalue weighted by atomic mass is 32.2. The molecule has 0 aromatic rings. The zero-order valence-electron chi connectivity index (χ0n) is 14.1. The molecule has 2 unspecified atom stereocenters. The van der Waals surface area contributed by atoms with Crippen molar-refractivity contribution in [2.75, 3.05) is 12.3 Å². The Hall–Kier alpha value is 0.310. The van der Waals surface area contributed by atoms with Crippen LogP contribution in [-0.4, -0.2) is 23.6 Å². The Morgan fingerprint density at radius 2 is 1.70 bits per heavy atom. The smallest absolute Gasteiger partial charge is 0.0201 e. The minimum atomic E-state index is 0.521. The maximum atomic E-state index is 3.92. The Bertz CT molecular complexity index is 276. The van der Waals surface area contributed by atoms with Crippen LogP contribution in [-0.2, 0) is 0 Å². The topological polar surface area (TPSA) is 12.0 Å². The van der Waals surface area contributed by atoms with Crippen molar-refractivity contribution >= 4 is 11.8 Å². The SMILES string of the molecule is CCSC1CCCC1NCC1CCC(C(C)(C)C)CC1. The highest BCUT2D eigenvalue weighted by molar-refractivity contribution is 7.99. The molecule has 2 atom stereocenters. The molecule has 2 fully saturated rings. The quantitative estimate of drug-likeness (QED) is 0.757. The molecule has 0 bridgehead atoms. The molecule has 0 amide bonds. The van der Waals surface area contributed by atoms with Crippen LogP contribution in [0.5, 0.6) is 0 Å². The van der Waals surface area contributed by atoms with E-state index in [1.54, 1.807) is 0 Å². The number of hydrogen-bond donors (Lipinski definition) is 1. The minimum absolute atomic E-state index is 0.521. The predicted octanol–water partition coefficient (Wildman–Crippen LogP) is 5.10. The summed E-state index contributed by atoms with van der Waals surface area (Å²) in [5, 5.41) is 4.81. The molecule has 0 aliphatic heterocycles. The van der Waals surface area contributed by atoms with E-state index in [2.05, 4.69) is 44.8 Å². The summed E-state index contributed by atoms with van der Waals surface area (Å²) in [6.45, 7) is 10.8. The second-order valence-electron chi connectivity index (χ2n) is 8.02. The average Bonchev–Trinajstić information content (AvgIpc) is 2.84. The van der Waals surface area contributed by atoms with Gasteiger partial charge in [-0.15, -0.1) is 0 Å². The molecule has 2 aliphatic carbocycles. The van der Waals surface area contributed by atoms with Gasteiger partial charge >= 0.3 is 0 Å². The Labute approximate surface area is 131 Å². The fourth-order valence-corrected chi connectivity index (χ4v) is 5.35. The van der Waals surface area contributed by atoms with E-state index >= 15 is 0 Å². The third kappa shape index (κ3) is 4.66. The summed E-state index contributed by atoms with van der Waals surface area (Å²) >= 11 is 2.17. The molecule has 1 nitrogen and oxygen atoms in total. The molecule has 0 spiro atoms. The van der Waals surface area contributed by atoms with E-state index in [4.69, 9.17) is 0 Å². The molecule has 2 saturated carbocycles. The monoisotopic (exact) mass is 297 g/mol.